The van der Waals surface area contributed by atoms with Crippen LogP contribution in [-0.4, -0.2) is 48.6 Å². The van der Waals surface area contributed by atoms with Crippen molar-refractivity contribution in [3.63, 3.8) is 0 Å². The number of carbonyl (C=O) groups excluding carboxylic acids is 2. The van der Waals surface area contributed by atoms with Crippen molar-refractivity contribution < 1.29 is 28.6 Å². The second-order valence-electron chi connectivity index (χ2n) is 7.94. The van der Waals surface area contributed by atoms with Crippen molar-refractivity contribution in [3.05, 3.63) is 71.0 Å². The van der Waals surface area contributed by atoms with Gasteiger partial charge in [-0.15, -0.1) is 0 Å². The number of hydrogen-bond donors (Lipinski definition) is 1. The molecule has 1 N–H and O–H groups in total. The second-order valence-corrected chi connectivity index (χ2v) is 7.94. The number of rotatable bonds is 11. The summed E-state index contributed by atoms with van der Waals surface area (Å²) in [6.07, 6.45) is 3.60. The average Bonchev–Trinajstić information content (AvgIpc) is 3.07. The highest BCUT2D eigenvalue weighted by Gasteiger charge is 2.46. The van der Waals surface area contributed by atoms with Gasteiger partial charge in [0.25, 0.3) is 11.7 Å². The number of carbonyl (C=O) groups is 2. The Kier molecular flexibility index (Phi) is 8.60. The van der Waals surface area contributed by atoms with Crippen molar-refractivity contribution in [2.45, 2.75) is 38.6 Å². The van der Waals surface area contributed by atoms with Crippen molar-refractivity contribution in [1.29, 1.82) is 0 Å². The molecule has 1 heterocycles. The zero-order valence-corrected chi connectivity index (χ0v) is 19.1. The number of benzene rings is 2. The topological polar surface area (TPSA) is 76.1 Å². The van der Waals surface area contributed by atoms with Crippen LogP contribution in [0.2, 0.25) is 0 Å². The van der Waals surface area contributed by atoms with Crippen LogP contribution in [0.15, 0.2) is 54.1 Å². The Hall–Kier alpha value is -3.19. The van der Waals surface area contributed by atoms with Gasteiger partial charge >= 0.3 is 0 Å². The van der Waals surface area contributed by atoms with Crippen LogP contribution < -0.4 is 4.74 Å². The number of aliphatic hydroxyl groups excluding tert-OH is 1. The van der Waals surface area contributed by atoms with Crippen molar-refractivity contribution in [1.82, 2.24) is 4.90 Å². The van der Waals surface area contributed by atoms with Gasteiger partial charge in [0, 0.05) is 31.4 Å². The Morgan fingerprint density at radius 1 is 1.03 bits per heavy atom. The van der Waals surface area contributed by atoms with Crippen LogP contribution in [0.25, 0.3) is 5.76 Å². The number of methoxy groups -OCH3 is 1. The number of unbranched alkanes of at least 4 members (excludes halogenated alkanes) is 2. The summed E-state index contributed by atoms with van der Waals surface area (Å²) in [5, 5.41) is 11.0. The third kappa shape index (κ3) is 5.60. The molecule has 0 spiro atoms. The van der Waals surface area contributed by atoms with Gasteiger partial charge in [0.1, 0.15) is 17.3 Å². The highest BCUT2D eigenvalue weighted by molar-refractivity contribution is 6.46. The number of halogens is 1. The Morgan fingerprint density at radius 3 is 2.42 bits per heavy atom. The fraction of sp³-hybridized carbons (Fsp3) is 0.385. The largest absolute Gasteiger partial charge is 0.507 e. The van der Waals surface area contributed by atoms with E-state index in [1.165, 1.54) is 23.1 Å². The number of amides is 1. The lowest BCUT2D eigenvalue weighted by Crippen LogP contribution is -2.31. The minimum Gasteiger partial charge on any atom is -0.507 e. The summed E-state index contributed by atoms with van der Waals surface area (Å²) in [7, 11) is 1.54. The SMILES string of the molecule is CCCCCOc1ccc(/C(O)=C2/C(=O)C(=O)N(CCCOC)C2c2ccccc2F)cc1. The first-order chi connectivity index (χ1) is 16.0. The predicted molar refractivity (Wildman–Crippen MR) is 123 cm³/mol. The molecular formula is C26H30FNO5. The van der Waals surface area contributed by atoms with E-state index in [0.717, 1.165) is 19.3 Å². The molecule has 1 amide bonds. The Morgan fingerprint density at radius 2 is 1.76 bits per heavy atom. The zero-order valence-electron chi connectivity index (χ0n) is 19.1. The van der Waals surface area contributed by atoms with Gasteiger partial charge in [-0.2, -0.15) is 0 Å². The van der Waals surface area contributed by atoms with E-state index in [1.54, 1.807) is 37.4 Å². The van der Waals surface area contributed by atoms with E-state index in [9.17, 15) is 19.1 Å². The molecule has 6 nitrogen and oxygen atoms in total. The number of ether oxygens (including phenoxy) is 2. The lowest BCUT2D eigenvalue weighted by molar-refractivity contribution is -0.140. The number of nitrogens with zero attached hydrogens (tertiary/aromatic N) is 1. The first kappa shape index (κ1) is 24.5. The lowest BCUT2D eigenvalue weighted by Gasteiger charge is -2.25. The van der Waals surface area contributed by atoms with Crippen LogP contribution in [0.3, 0.4) is 0 Å². The fourth-order valence-electron chi connectivity index (χ4n) is 3.92. The van der Waals surface area contributed by atoms with Crippen LogP contribution in [0.5, 0.6) is 5.75 Å². The molecule has 0 saturated carbocycles. The van der Waals surface area contributed by atoms with Crippen LogP contribution in [0, 0.1) is 5.82 Å². The van der Waals surface area contributed by atoms with E-state index in [0.29, 0.717) is 30.9 Å². The van der Waals surface area contributed by atoms with Gasteiger partial charge in [0.2, 0.25) is 0 Å². The molecule has 0 bridgehead atoms. The molecular weight excluding hydrogens is 425 g/mol. The summed E-state index contributed by atoms with van der Waals surface area (Å²) in [5.41, 5.74) is 0.387. The molecule has 1 atom stereocenters. The molecule has 1 aliphatic heterocycles. The first-order valence-electron chi connectivity index (χ1n) is 11.2. The van der Waals surface area contributed by atoms with Crippen LogP contribution in [-0.2, 0) is 14.3 Å². The smallest absolute Gasteiger partial charge is 0.295 e. The average molecular weight is 456 g/mol. The van der Waals surface area contributed by atoms with Gasteiger partial charge in [-0.1, -0.05) is 38.0 Å². The van der Waals surface area contributed by atoms with Crippen LogP contribution >= 0.6 is 0 Å². The molecule has 0 aromatic heterocycles. The quantitative estimate of drug-likeness (QED) is 0.227. The van der Waals surface area contributed by atoms with Crippen molar-refractivity contribution in [3.8, 4) is 5.75 Å². The molecule has 2 aromatic rings. The van der Waals surface area contributed by atoms with Crippen molar-refractivity contribution >= 4 is 17.4 Å². The summed E-state index contributed by atoms with van der Waals surface area (Å²) in [5.74, 6) is -1.85. The van der Waals surface area contributed by atoms with E-state index in [-0.39, 0.29) is 23.4 Å². The summed E-state index contributed by atoms with van der Waals surface area (Å²) in [6.45, 7) is 3.29. The van der Waals surface area contributed by atoms with Gasteiger partial charge in [-0.05, 0) is 43.2 Å². The molecule has 33 heavy (non-hydrogen) atoms. The zero-order chi connectivity index (χ0) is 23.8. The van der Waals surface area contributed by atoms with Crippen molar-refractivity contribution in [2.24, 2.45) is 0 Å². The molecule has 0 aliphatic carbocycles. The highest BCUT2D eigenvalue weighted by Crippen LogP contribution is 2.40. The third-order valence-electron chi connectivity index (χ3n) is 5.63. The molecule has 0 radical (unpaired) electrons. The first-order valence-corrected chi connectivity index (χ1v) is 11.2. The second kappa shape index (κ2) is 11.6. The third-order valence-corrected chi connectivity index (χ3v) is 5.63. The van der Waals surface area contributed by atoms with Crippen LogP contribution in [0.4, 0.5) is 4.39 Å². The van der Waals surface area contributed by atoms with E-state index in [2.05, 4.69) is 6.92 Å². The number of likely N-dealkylation sites (tertiary alicyclic amines) is 1. The van der Waals surface area contributed by atoms with Gasteiger partial charge in [-0.25, -0.2) is 4.39 Å². The maximum Gasteiger partial charge on any atom is 0.295 e. The van der Waals surface area contributed by atoms with E-state index < -0.39 is 23.5 Å². The summed E-state index contributed by atoms with van der Waals surface area (Å²) >= 11 is 0. The van der Waals surface area contributed by atoms with Gasteiger partial charge in [0.05, 0.1) is 18.2 Å². The molecule has 2 aromatic carbocycles. The van der Waals surface area contributed by atoms with Gasteiger partial charge in [-0.3, -0.25) is 9.59 Å². The molecule has 1 aliphatic rings. The number of Topliss-reactive ketones (excluding diaryl/α,β-unsaturated/α-hetero) is 1. The minimum atomic E-state index is -1.02. The predicted octanol–water partition coefficient (Wildman–Crippen LogP) is 4.85. The minimum absolute atomic E-state index is 0.126. The molecule has 176 valence electrons. The molecule has 1 unspecified atom stereocenters. The normalized spacial score (nSPS) is 17.5. The number of hydrogen-bond acceptors (Lipinski definition) is 5. The molecule has 1 fully saturated rings. The monoisotopic (exact) mass is 455 g/mol. The van der Waals surface area contributed by atoms with E-state index in [1.807, 2.05) is 0 Å². The molecule has 3 rings (SSSR count). The maximum atomic E-state index is 14.7. The van der Waals surface area contributed by atoms with E-state index >= 15 is 0 Å². The van der Waals surface area contributed by atoms with Crippen LogP contribution in [0.1, 0.15) is 49.8 Å². The Labute approximate surface area is 193 Å². The van der Waals surface area contributed by atoms with E-state index in [4.69, 9.17) is 9.47 Å². The maximum absolute atomic E-state index is 14.7. The summed E-state index contributed by atoms with van der Waals surface area (Å²) in [6, 6.07) is 11.6. The van der Waals surface area contributed by atoms with Gasteiger partial charge in [0.15, 0.2) is 0 Å². The summed E-state index contributed by atoms with van der Waals surface area (Å²) in [4.78, 5) is 27.1. The number of aliphatic hydroxyl groups is 1. The van der Waals surface area contributed by atoms with Crippen molar-refractivity contribution in [2.75, 3.05) is 26.9 Å². The number of ketones is 1. The fourth-order valence-corrected chi connectivity index (χ4v) is 3.92. The van der Waals surface area contributed by atoms with Gasteiger partial charge < -0.3 is 19.5 Å². The molecule has 1 saturated heterocycles. The Bertz CT molecular complexity index is 1000. The summed E-state index contributed by atoms with van der Waals surface area (Å²) < 4.78 is 25.5. The lowest BCUT2D eigenvalue weighted by atomic mass is 9.95. The molecule has 7 heteroatoms. The standard InChI is InChI=1S/C26H30FNO5/c1-3-4-7-17-33-19-13-11-18(12-14-19)24(29)22-23(20-9-5-6-10-21(20)27)28(15-8-16-32-2)26(31)25(22)30/h5-6,9-14,23,29H,3-4,7-8,15-17H2,1-2H3/b24-22-. The highest BCUT2D eigenvalue weighted by atomic mass is 19.1. The Balaban J connectivity index is 1.96.